The van der Waals surface area contributed by atoms with Crippen molar-refractivity contribution in [1.82, 2.24) is 0 Å². The quantitative estimate of drug-likeness (QED) is 0.684. The smallest absolute Gasteiger partial charge is 0.181 e. The fourth-order valence-electron chi connectivity index (χ4n) is 0.869. The van der Waals surface area contributed by atoms with Gasteiger partial charge in [0.15, 0.2) is 6.10 Å². The molecule has 0 aliphatic rings. The molecule has 0 fully saturated rings. The molecule has 0 aromatic heterocycles. The molecule has 3 nitrogen and oxygen atoms in total. The molecule has 0 N–H and O–H groups in total. The Balaban J connectivity index is 2.80. The summed E-state index contributed by atoms with van der Waals surface area (Å²) in [6, 6.07) is 10.7. The highest BCUT2D eigenvalue weighted by molar-refractivity contribution is 5.36. The van der Waals surface area contributed by atoms with Crippen LogP contribution in [-0.4, -0.2) is 6.10 Å². The van der Waals surface area contributed by atoms with Crippen LogP contribution in [0.15, 0.2) is 24.3 Å². The van der Waals surface area contributed by atoms with Gasteiger partial charge in [-0.25, -0.2) is 0 Å². The number of nitriles is 2. The molecular weight excluding hydrogens is 164 g/mol. The Kier molecular flexibility index (Phi) is 2.89. The van der Waals surface area contributed by atoms with Gasteiger partial charge >= 0.3 is 0 Å². The van der Waals surface area contributed by atoms with Crippen molar-refractivity contribution in [1.29, 1.82) is 10.5 Å². The van der Waals surface area contributed by atoms with E-state index in [0.29, 0.717) is 11.3 Å². The molecular formula is C10H8N2O. The highest BCUT2D eigenvalue weighted by atomic mass is 16.5. The summed E-state index contributed by atoms with van der Waals surface area (Å²) < 4.78 is 5.19. The summed E-state index contributed by atoms with van der Waals surface area (Å²) in [4.78, 5) is 0. The summed E-state index contributed by atoms with van der Waals surface area (Å²) in [5, 5.41) is 17.1. The van der Waals surface area contributed by atoms with Crippen molar-refractivity contribution >= 4 is 0 Å². The van der Waals surface area contributed by atoms with Crippen molar-refractivity contribution in [3.05, 3.63) is 29.8 Å². The molecule has 0 heterocycles. The first-order valence-electron chi connectivity index (χ1n) is 3.82. The van der Waals surface area contributed by atoms with E-state index in [-0.39, 0.29) is 0 Å². The summed E-state index contributed by atoms with van der Waals surface area (Å²) in [7, 11) is 0. The summed E-state index contributed by atoms with van der Waals surface area (Å²) in [5.74, 6) is 0.549. The zero-order valence-electron chi connectivity index (χ0n) is 7.19. The fourth-order valence-corrected chi connectivity index (χ4v) is 0.869. The van der Waals surface area contributed by atoms with Crippen molar-refractivity contribution in [2.45, 2.75) is 13.0 Å². The second-order valence-electron chi connectivity index (χ2n) is 2.53. The minimum absolute atomic E-state index is 0.492. The lowest BCUT2D eigenvalue weighted by Crippen LogP contribution is -2.07. The van der Waals surface area contributed by atoms with Crippen molar-refractivity contribution in [2.24, 2.45) is 0 Å². The van der Waals surface area contributed by atoms with Crippen LogP contribution in [0.3, 0.4) is 0 Å². The second kappa shape index (κ2) is 4.13. The maximum Gasteiger partial charge on any atom is 0.181 e. The van der Waals surface area contributed by atoms with Gasteiger partial charge in [-0.05, 0) is 25.1 Å². The predicted octanol–water partition coefficient (Wildman–Crippen LogP) is 1.85. The number of benzene rings is 1. The molecule has 0 aliphatic carbocycles. The highest BCUT2D eigenvalue weighted by Gasteiger charge is 2.01. The van der Waals surface area contributed by atoms with Gasteiger partial charge in [0.1, 0.15) is 11.8 Å². The van der Waals surface area contributed by atoms with Gasteiger partial charge in [0.25, 0.3) is 0 Å². The Labute approximate surface area is 76.8 Å². The molecule has 64 valence electrons. The highest BCUT2D eigenvalue weighted by Crippen LogP contribution is 2.13. The van der Waals surface area contributed by atoms with E-state index in [1.807, 2.05) is 12.1 Å². The summed E-state index contributed by atoms with van der Waals surface area (Å²) >= 11 is 0. The molecule has 0 spiro atoms. The Hall–Kier alpha value is -2.00. The standard InChI is InChI=1S/C10H8N2O/c1-8(6-11)13-10-4-2-3-9(5-10)7-12/h2-5,8H,1H3. The van der Waals surface area contributed by atoms with Crippen molar-refractivity contribution < 1.29 is 4.74 Å². The maximum atomic E-state index is 8.58. The summed E-state index contributed by atoms with van der Waals surface area (Å²) in [6.07, 6.45) is -0.492. The van der Waals surface area contributed by atoms with Gasteiger partial charge in [-0.3, -0.25) is 0 Å². The van der Waals surface area contributed by atoms with E-state index in [1.54, 1.807) is 31.2 Å². The lowest BCUT2D eigenvalue weighted by molar-refractivity contribution is 0.276. The van der Waals surface area contributed by atoms with E-state index in [2.05, 4.69) is 0 Å². The average Bonchev–Trinajstić information content (AvgIpc) is 2.18. The van der Waals surface area contributed by atoms with Gasteiger partial charge in [0.05, 0.1) is 11.6 Å². The summed E-state index contributed by atoms with van der Waals surface area (Å²) in [5.41, 5.74) is 0.530. The van der Waals surface area contributed by atoms with Gasteiger partial charge in [-0.1, -0.05) is 6.07 Å². The van der Waals surface area contributed by atoms with E-state index in [1.165, 1.54) is 0 Å². The van der Waals surface area contributed by atoms with Crippen LogP contribution >= 0.6 is 0 Å². The molecule has 13 heavy (non-hydrogen) atoms. The van der Waals surface area contributed by atoms with Gasteiger partial charge in [0, 0.05) is 0 Å². The minimum atomic E-state index is -0.492. The first-order valence-corrected chi connectivity index (χ1v) is 3.82. The zero-order valence-corrected chi connectivity index (χ0v) is 7.19. The second-order valence-corrected chi connectivity index (χ2v) is 2.53. The Morgan fingerprint density at radius 3 is 2.77 bits per heavy atom. The molecule has 1 rings (SSSR count). The fraction of sp³-hybridized carbons (Fsp3) is 0.200. The lowest BCUT2D eigenvalue weighted by atomic mass is 10.2. The molecule has 1 aromatic carbocycles. The summed E-state index contributed by atoms with van der Waals surface area (Å²) in [6.45, 7) is 1.65. The molecule has 3 heteroatoms. The SMILES string of the molecule is CC(C#N)Oc1cccc(C#N)c1. The van der Waals surface area contributed by atoms with Crippen LogP contribution in [0.1, 0.15) is 12.5 Å². The molecule has 0 amide bonds. The third-order valence-electron chi connectivity index (χ3n) is 1.46. The molecule has 1 aromatic rings. The van der Waals surface area contributed by atoms with Crippen LogP contribution in [0.4, 0.5) is 0 Å². The number of hydrogen-bond donors (Lipinski definition) is 0. The first-order chi connectivity index (χ1) is 6.26. The lowest BCUT2D eigenvalue weighted by Gasteiger charge is -2.06. The van der Waals surface area contributed by atoms with Gasteiger partial charge in [-0.15, -0.1) is 0 Å². The van der Waals surface area contributed by atoms with Crippen molar-refractivity contribution in [2.75, 3.05) is 0 Å². The number of hydrogen-bond acceptors (Lipinski definition) is 3. The van der Waals surface area contributed by atoms with Crippen LogP contribution in [-0.2, 0) is 0 Å². The van der Waals surface area contributed by atoms with E-state index >= 15 is 0 Å². The zero-order chi connectivity index (χ0) is 9.68. The Morgan fingerprint density at radius 2 is 2.15 bits per heavy atom. The molecule has 1 unspecified atom stereocenters. The Bertz CT molecular complexity index is 373. The predicted molar refractivity (Wildman–Crippen MR) is 46.9 cm³/mol. The van der Waals surface area contributed by atoms with E-state index < -0.39 is 6.10 Å². The molecule has 0 radical (unpaired) electrons. The molecule has 0 bridgehead atoms. The monoisotopic (exact) mass is 172 g/mol. The van der Waals surface area contributed by atoms with Crippen molar-refractivity contribution in [3.63, 3.8) is 0 Å². The van der Waals surface area contributed by atoms with Crippen molar-refractivity contribution in [3.8, 4) is 17.9 Å². The normalized spacial score (nSPS) is 11.0. The molecule has 0 saturated carbocycles. The third-order valence-corrected chi connectivity index (χ3v) is 1.46. The topological polar surface area (TPSA) is 56.8 Å². The Morgan fingerprint density at radius 1 is 1.38 bits per heavy atom. The average molecular weight is 172 g/mol. The molecule has 0 aliphatic heterocycles. The largest absolute Gasteiger partial charge is 0.476 e. The number of ether oxygens (including phenoxy) is 1. The van der Waals surface area contributed by atoms with Crippen LogP contribution in [0.2, 0.25) is 0 Å². The van der Waals surface area contributed by atoms with Crippen LogP contribution in [0.25, 0.3) is 0 Å². The van der Waals surface area contributed by atoms with E-state index in [9.17, 15) is 0 Å². The van der Waals surface area contributed by atoms with E-state index in [4.69, 9.17) is 15.3 Å². The number of rotatable bonds is 2. The first kappa shape index (κ1) is 9.09. The maximum absolute atomic E-state index is 8.58. The van der Waals surface area contributed by atoms with Gasteiger partial charge in [0.2, 0.25) is 0 Å². The molecule has 1 atom stereocenters. The minimum Gasteiger partial charge on any atom is -0.476 e. The van der Waals surface area contributed by atoms with Gasteiger partial charge in [-0.2, -0.15) is 10.5 Å². The van der Waals surface area contributed by atoms with E-state index in [0.717, 1.165) is 0 Å². The van der Waals surface area contributed by atoms with Crippen LogP contribution in [0, 0.1) is 22.7 Å². The number of nitrogens with zero attached hydrogens (tertiary/aromatic N) is 2. The van der Waals surface area contributed by atoms with Crippen LogP contribution < -0.4 is 4.74 Å². The van der Waals surface area contributed by atoms with Crippen LogP contribution in [0.5, 0.6) is 5.75 Å². The van der Waals surface area contributed by atoms with Gasteiger partial charge < -0.3 is 4.74 Å². The third kappa shape index (κ3) is 2.50. The molecule has 0 saturated heterocycles.